The fourth-order valence-corrected chi connectivity index (χ4v) is 1.21. The van der Waals surface area contributed by atoms with Crippen LogP contribution in [0.4, 0.5) is 13.2 Å². The lowest BCUT2D eigenvalue weighted by atomic mass is 10.1. The summed E-state index contributed by atoms with van der Waals surface area (Å²) in [5.41, 5.74) is -2.06. The lowest BCUT2D eigenvalue weighted by Gasteiger charge is -2.22. The highest BCUT2D eigenvalue weighted by molar-refractivity contribution is 5.30. The Hall–Kier alpha value is -1.11. The number of aliphatic hydroxyl groups excluding tert-OH is 1. The highest BCUT2D eigenvalue weighted by Crippen LogP contribution is 2.35. The number of alkyl halides is 3. The van der Waals surface area contributed by atoms with Crippen molar-refractivity contribution in [2.45, 2.75) is 38.8 Å². The highest BCUT2D eigenvalue weighted by Gasteiger charge is 2.35. The Labute approximate surface area is 103 Å². The van der Waals surface area contributed by atoms with Gasteiger partial charge < -0.3 is 5.11 Å². The predicted molar refractivity (Wildman–Crippen MR) is 58.3 cm³/mol. The molecule has 0 fully saturated rings. The van der Waals surface area contributed by atoms with Crippen molar-refractivity contribution in [2.24, 2.45) is 0 Å². The number of aliphatic hydroxyl groups is 1. The van der Waals surface area contributed by atoms with Crippen LogP contribution in [-0.2, 0) is 16.0 Å². The summed E-state index contributed by atoms with van der Waals surface area (Å²) >= 11 is 0. The second kappa shape index (κ2) is 5.26. The lowest BCUT2D eigenvalue weighted by Crippen LogP contribution is -2.22. The van der Waals surface area contributed by atoms with E-state index in [2.05, 4.69) is 4.89 Å². The van der Waals surface area contributed by atoms with Crippen molar-refractivity contribution in [1.82, 2.24) is 0 Å². The van der Waals surface area contributed by atoms with E-state index in [0.29, 0.717) is 0 Å². The summed E-state index contributed by atoms with van der Waals surface area (Å²) < 4.78 is 38.0. The van der Waals surface area contributed by atoms with Crippen molar-refractivity contribution in [3.63, 3.8) is 0 Å². The van der Waals surface area contributed by atoms with Gasteiger partial charge in [-0.05, 0) is 26.8 Å². The van der Waals surface area contributed by atoms with Crippen LogP contribution < -0.4 is 0 Å². The van der Waals surface area contributed by atoms with Crippen LogP contribution in [-0.4, -0.2) is 10.7 Å². The van der Waals surface area contributed by atoms with Gasteiger partial charge in [0.2, 0.25) is 6.29 Å². The second-order valence-electron chi connectivity index (χ2n) is 4.73. The highest BCUT2D eigenvalue weighted by atomic mass is 19.4. The summed E-state index contributed by atoms with van der Waals surface area (Å²) in [6, 6.07) is 4.64. The molecule has 0 aromatic heterocycles. The molecule has 0 bridgehead atoms. The molecule has 1 N–H and O–H groups in total. The third-order valence-corrected chi connectivity index (χ3v) is 1.92. The molecule has 0 amide bonds. The van der Waals surface area contributed by atoms with E-state index in [0.717, 1.165) is 12.1 Å². The van der Waals surface area contributed by atoms with Crippen LogP contribution in [0.3, 0.4) is 0 Å². The Morgan fingerprint density at radius 1 is 1.11 bits per heavy atom. The summed E-state index contributed by atoms with van der Waals surface area (Å²) in [6.45, 7) is 4.94. The average Bonchev–Trinajstić information content (AvgIpc) is 2.24. The first-order chi connectivity index (χ1) is 8.11. The molecule has 1 aromatic rings. The lowest BCUT2D eigenvalue weighted by molar-refractivity contribution is -0.414. The van der Waals surface area contributed by atoms with E-state index in [9.17, 15) is 18.3 Å². The summed E-state index contributed by atoms with van der Waals surface area (Å²) in [5.74, 6) is 0. The quantitative estimate of drug-likeness (QED) is 0.516. The summed E-state index contributed by atoms with van der Waals surface area (Å²) in [4.78, 5) is 9.38. The van der Waals surface area contributed by atoms with Crippen molar-refractivity contribution in [3.05, 3.63) is 35.4 Å². The SMILES string of the molecule is CC(C)(C)OOC(O)c1ccccc1C(F)(F)F. The van der Waals surface area contributed by atoms with Gasteiger partial charge in [-0.25, -0.2) is 4.89 Å². The molecule has 0 aliphatic heterocycles. The molecule has 0 saturated carbocycles. The van der Waals surface area contributed by atoms with Crippen molar-refractivity contribution in [1.29, 1.82) is 0 Å². The Kier molecular flexibility index (Phi) is 4.37. The molecule has 0 radical (unpaired) electrons. The van der Waals surface area contributed by atoms with Crippen LogP contribution in [0.15, 0.2) is 24.3 Å². The minimum atomic E-state index is -4.55. The third kappa shape index (κ3) is 4.29. The van der Waals surface area contributed by atoms with Gasteiger partial charge in [-0.15, -0.1) is 0 Å². The molecule has 18 heavy (non-hydrogen) atoms. The third-order valence-electron chi connectivity index (χ3n) is 1.92. The molecule has 102 valence electrons. The zero-order valence-corrected chi connectivity index (χ0v) is 10.3. The molecule has 0 aliphatic carbocycles. The van der Waals surface area contributed by atoms with E-state index >= 15 is 0 Å². The van der Waals surface area contributed by atoms with Crippen molar-refractivity contribution < 1.29 is 28.1 Å². The van der Waals surface area contributed by atoms with Gasteiger partial charge in [-0.2, -0.15) is 18.1 Å². The van der Waals surface area contributed by atoms with E-state index in [1.54, 1.807) is 20.8 Å². The maximum atomic E-state index is 12.7. The monoisotopic (exact) mass is 264 g/mol. The topological polar surface area (TPSA) is 38.7 Å². The molecular formula is C12H15F3O3. The molecule has 1 unspecified atom stereocenters. The van der Waals surface area contributed by atoms with E-state index in [4.69, 9.17) is 4.89 Å². The molecule has 0 saturated heterocycles. The summed E-state index contributed by atoms with van der Waals surface area (Å²) in [7, 11) is 0. The first-order valence-corrected chi connectivity index (χ1v) is 5.30. The molecule has 1 atom stereocenters. The maximum absolute atomic E-state index is 12.7. The Morgan fingerprint density at radius 2 is 1.67 bits per heavy atom. The van der Waals surface area contributed by atoms with Crippen LogP contribution in [0.25, 0.3) is 0 Å². The smallest absolute Gasteiger partial charge is 0.362 e. The van der Waals surface area contributed by atoms with Gasteiger partial charge >= 0.3 is 6.18 Å². The molecule has 0 spiro atoms. The zero-order chi connectivity index (χ0) is 14.0. The maximum Gasteiger partial charge on any atom is 0.416 e. The van der Waals surface area contributed by atoms with Gasteiger partial charge in [0.15, 0.2) is 0 Å². The van der Waals surface area contributed by atoms with Gasteiger partial charge in [0.1, 0.15) is 0 Å². The van der Waals surface area contributed by atoms with E-state index in [1.807, 2.05) is 0 Å². The summed E-state index contributed by atoms with van der Waals surface area (Å²) in [5, 5.41) is 9.58. The molecule has 1 rings (SSSR count). The minimum absolute atomic E-state index is 0.380. The molecule has 0 aliphatic rings. The average molecular weight is 264 g/mol. The molecule has 1 aromatic carbocycles. The van der Waals surface area contributed by atoms with Gasteiger partial charge in [-0.1, -0.05) is 18.2 Å². The largest absolute Gasteiger partial charge is 0.416 e. The van der Waals surface area contributed by atoms with Gasteiger partial charge in [0.05, 0.1) is 11.2 Å². The molecule has 3 nitrogen and oxygen atoms in total. The minimum Gasteiger partial charge on any atom is -0.362 e. The van der Waals surface area contributed by atoms with Crippen molar-refractivity contribution in [3.8, 4) is 0 Å². The zero-order valence-electron chi connectivity index (χ0n) is 10.3. The Bertz CT molecular complexity index is 396. The molecular weight excluding hydrogens is 249 g/mol. The van der Waals surface area contributed by atoms with Crippen LogP contribution in [0.5, 0.6) is 0 Å². The van der Waals surface area contributed by atoms with Gasteiger partial charge in [0.25, 0.3) is 0 Å². The van der Waals surface area contributed by atoms with Crippen molar-refractivity contribution in [2.75, 3.05) is 0 Å². The normalized spacial score (nSPS) is 14.6. The number of hydrogen-bond donors (Lipinski definition) is 1. The van der Waals surface area contributed by atoms with Gasteiger partial charge in [-0.3, -0.25) is 0 Å². The van der Waals surface area contributed by atoms with Crippen LogP contribution in [0, 0.1) is 0 Å². The Morgan fingerprint density at radius 3 is 2.17 bits per heavy atom. The fourth-order valence-electron chi connectivity index (χ4n) is 1.21. The standard InChI is InChI=1S/C12H15F3O3/c1-11(2,3)18-17-10(16)8-6-4-5-7-9(8)12(13,14)15/h4-7,10,16H,1-3H3. The molecule has 6 heteroatoms. The summed E-state index contributed by atoms with van der Waals surface area (Å²) in [6.07, 6.45) is -6.34. The second-order valence-corrected chi connectivity index (χ2v) is 4.73. The van der Waals surface area contributed by atoms with E-state index < -0.39 is 23.6 Å². The van der Waals surface area contributed by atoms with E-state index in [-0.39, 0.29) is 5.56 Å². The Balaban J connectivity index is 2.89. The first kappa shape index (κ1) is 14.9. The van der Waals surface area contributed by atoms with Crippen LogP contribution >= 0.6 is 0 Å². The van der Waals surface area contributed by atoms with Crippen LogP contribution in [0.2, 0.25) is 0 Å². The number of rotatable bonds is 3. The first-order valence-electron chi connectivity index (χ1n) is 5.30. The molecule has 0 heterocycles. The van der Waals surface area contributed by atoms with Crippen LogP contribution in [0.1, 0.15) is 38.2 Å². The number of hydrogen-bond acceptors (Lipinski definition) is 3. The predicted octanol–water partition coefficient (Wildman–Crippen LogP) is 3.44. The number of benzene rings is 1. The fraction of sp³-hybridized carbons (Fsp3) is 0.500. The van der Waals surface area contributed by atoms with Crippen molar-refractivity contribution >= 4 is 0 Å². The number of halogens is 3. The van der Waals surface area contributed by atoms with E-state index in [1.165, 1.54) is 12.1 Å². The van der Waals surface area contributed by atoms with Gasteiger partial charge in [0, 0.05) is 5.56 Å².